The van der Waals surface area contributed by atoms with Crippen LogP contribution in [0.1, 0.15) is 57.8 Å². The van der Waals surface area contributed by atoms with Crippen LogP contribution >= 0.6 is 0 Å². The van der Waals surface area contributed by atoms with Gasteiger partial charge in [0.05, 0.1) is 0 Å². The van der Waals surface area contributed by atoms with Crippen molar-refractivity contribution in [2.24, 2.45) is 23.2 Å². The lowest BCUT2D eigenvalue weighted by Gasteiger charge is -2.50. The highest BCUT2D eigenvalue weighted by molar-refractivity contribution is 5.80. The SMILES string of the molecule is O=C1NC2CC3CC1CC(C1CCCC1)(C3)C2. The van der Waals surface area contributed by atoms with E-state index in [2.05, 4.69) is 5.32 Å². The van der Waals surface area contributed by atoms with E-state index in [0.717, 1.165) is 11.8 Å². The van der Waals surface area contributed by atoms with Gasteiger partial charge >= 0.3 is 0 Å². The third-order valence-corrected chi connectivity index (χ3v) is 6.18. The maximum atomic E-state index is 12.1. The van der Waals surface area contributed by atoms with Crippen molar-refractivity contribution in [2.75, 3.05) is 0 Å². The molecule has 5 rings (SSSR count). The third kappa shape index (κ3) is 1.49. The number of fused-ring (bicyclic) bond motifs is 1. The van der Waals surface area contributed by atoms with Crippen LogP contribution in [0, 0.1) is 23.2 Å². The van der Waals surface area contributed by atoms with Crippen LogP contribution < -0.4 is 5.32 Å². The molecule has 2 heterocycles. The summed E-state index contributed by atoms with van der Waals surface area (Å²) in [5.74, 6) is 2.55. The van der Waals surface area contributed by atoms with Crippen LogP contribution in [0.15, 0.2) is 0 Å². The van der Waals surface area contributed by atoms with Gasteiger partial charge in [-0.05, 0) is 62.2 Å². The molecule has 2 aliphatic heterocycles. The molecule has 2 nitrogen and oxygen atoms in total. The van der Waals surface area contributed by atoms with E-state index >= 15 is 0 Å². The zero-order valence-electron chi connectivity index (χ0n) is 10.6. The number of amides is 1. The summed E-state index contributed by atoms with van der Waals surface area (Å²) in [7, 11) is 0. The Hall–Kier alpha value is -0.530. The molecule has 0 aromatic rings. The summed E-state index contributed by atoms with van der Waals surface area (Å²) in [6, 6.07) is 0.523. The Morgan fingerprint density at radius 3 is 2.71 bits per heavy atom. The first kappa shape index (κ1) is 10.4. The van der Waals surface area contributed by atoms with E-state index < -0.39 is 0 Å². The molecule has 2 saturated heterocycles. The minimum absolute atomic E-state index is 0.363. The van der Waals surface area contributed by atoms with Gasteiger partial charge in [-0.15, -0.1) is 0 Å². The molecule has 5 aliphatic rings. The zero-order valence-corrected chi connectivity index (χ0v) is 10.6. The summed E-state index contributed by atoms with van der Waals surface area (Å²) in [6.07, 6.45) is 12.2. The van der Waals surface area contributed by atoms with E-state index in [1.807, 2.05) is 0 Å². The molecule has 4 bridgehead atoms. The molecule has 3 aliphatic carbocycles. The minimum Gasteiger partial charge on any atom is -0.353 e. The summed E-state index contributed by atoms with van der Waals surface area (Å²) >= 11 is 0. The highest BCUT2D eigenvalue weighted by Gasteiger charge is 2.54. The van der Waals surface area contributed by atoms with E-state index in [-0.39, 0.29) is 0 Å². The number of hydrogen-bond acceptors (Lipinski definition) is 1. The second kappa shape index (κ2) is 3.49. The van der Waals surface area contributed by atoms with Crippen LogP contribution in [-0.4, -0.2) is 11.9 Å². The standard InChI is InChI=1S/C15H23NO/c17-14-11-5-10-6-13(16-14)9-15(7-10,8-11)12-3-1-2-4-12/h10-13H,1-9H2,(H,16,17). The van der Waals surface area contributed by atoms with Gasteiger partial charge in [0.25, 0.3) is 0 Å². The molecule has 0 aromatic carbocycles. The molecule has 4 unspecified atom stereocenters. The van der Waals surface area contributed by atoms with Crippen molar-refractivity contribution in [1.29, 1.82) is 0 Å². The Labute approximate surface area is 104 Å². The number of carbonyl (C=O) groups excluding carboxylic acids is 1. The molecule has 3 saturated carbocycles. The smallest absolute Gasteiger partial charge is 0.223 e. The van der Waals surface area contributed by atoms with E-state index in [0.29, 0.717) is 23.3 Å². The van der Waals surface area contributed by atoms with Gasteiger partial charge in [-0.1, -0.05) is 12.8 Å². The second-order valence-electron chi connectivity index (χ2n) is 7.20. The van der Waals surface area contributed by atoms with Crippen LogP contribution in [0.2, 0.25) is 0 Å². The molecule has 1 amide bonds. The Balaban J connectivity index is 1.70. The van der Waals surface area contributed by atoms with Crippen LogP contribution in [0.5, 0.6) is 0 Å². The van der Waals surface area contributed by atoms with Crippen LogP contribution in [-0.2, 0) is 4.79 Å². The van der Waals surface area contributed by atoms with E-state index in [9.17, 15) is 4.79 Å². The summed E-state index contributed by atoms with van der Waals surface area (Å²) in [6.45, 7) is 0. The summed E-state index contributed by atoms with van der Waals surface area (Å²) in [4.78, 5) is 12.1. The van der Waals surface area contributed by atoms with Gasteiger partial charge in [-0.3, -0.25) is 4.79 Å². The average Bonchev–Trinajstić information content (AvgIpc) is 2.76. The van der Waals surface area contributed by atoms with Crippen molar-refractivity contribution in [1.82, 2.24) is 5.32 Å². The molecule has 17 heavy (non-hydrogen) atoms. The van der Waals surface area contributed by atoms with E-state index in [1.165, 1.54) is 57.8 Å². The molecular formula is C15H23NO. The number of rotatable bonds is 1. The number of hydrogen-bond donors (Lipinski definition) is 1. The molecule has 4 atom stereocenters. The molecule has 0 spiro atoms. The zero-order chi connectivity index (χ0) is 11.5. The minimum atomic E-state index is 0.363. The summed E-state index contributed by atoms with van der Waals surface area (Å²) in [5.41, 5.74) is 0.562. The monoisotopic (exact) mass is 233 g/mol. The fourth-order valence-electron chi connectivity index (χ4n) is 5.71. The number of carbonyl (C=O) groups is 1. The highest BCUT2D eigenvalue weighted by atomic mass is 16.2. The fraction of sp³-hybridized carbons (Fsp3) is 0.933. The summed E-state index contributed by atoms with van der Waals surface area (Å²) < 4.78 is 0. The largest absolute Gasteiger partial charge is 0.353 e. The quantitative estimate of drug-likeness (QED) is 0.741. The van der Waals surface area contributed by atoms with Crippen molar-refractivity contribution in [3.63, 3.8) is 0 Å². The third-order valence-electron chi connectivity index (χ3n) is 6.18. The van der Waals surface area contributed by atoms with Crippen molar-refractivity contribution >= 4 is 5.91 Å². The van der Waals surface area contributed by atoms with E-state index in [4.69, 9.17) is 0 Å². The second-order valence-corrected chi connectivity index (χ2v) is 7.20. The fourth-order valence-corrected chi connectivity index (χ4v) is 5.71. The lowest BCUT2D eigenvalue weighted by atomic mass is 9.54. The molecule has 94 valence electrons. The van der Waals surface area contributed by atoms with Crippen LogP contribution in [0.3, 0.4) is 0 Å². The lowest BCUT2D eigenvalue weighted by Crippen LogP contribution is -2.45. The Kier molecular flexibility index (Phi) is 2.13. The van der Waals surface area contributed by atoms with Gasteiger partial charge in [0.15, 0.2) is 0 Å². The average molecular weight is 233 g/mol. The van der Waals surface area contributed by atoms with E-state index in [1.54, 1.807) is 0 Å². The van der Waals surface area contributed by atoms with Gasteiger partial charge in [0, 0.05) is 12.0 Å². The van der Waals surface area contributed by atoms with Gasteiger partial charge in [-0.25, -0.2) is 0 Å². The predicted molar refractivity (Wildman–Crippen MR) is 66.4 cm³/mol. The Bertz CT molecular complexity index is 347. The Morgan fingerprint density at radius 1 is 1.06 bits per heavy atom. The van der Waals surface area contributed by atoms with Gasteiger partial charge in [0.1, 0.15) is 0 Å². The predicted octanol–water partition coefficient (Wildman–Crippen LogP) is 2.87. The first-order valence-corrected chi connectivity index (χ1v) is 7.56. The molecule has 0 aromatic heterocycles. The van der Waals surface area contributed by atoms with Crippen molar-refractivity contribution in [2.45, 2.75) is 63.8 Å². The lowest BCUT2D eigenvalue weighted by molar-refractivity contribution is -0.126. The van der Waals surface area contributed by atoms with Crippen LogP contribution in [0.4, 0.5) is 0 Å². The maximum Gasteiger partial charge on any atom is 0.223 e. The summed E-state index contributed by atoms with van der Waals surface area (Å²) in [5, 5.41) is 3.31. The Morgan fingerprint density at radius 2 is 1.88 bits per heavy atom. The molecule has 0 radical (unpaired) electrons. The van der Waals surface area contributed by atoms with Gasteiger partial charge in [0.2, 0.25) is 5.91 Å². The van der Waals surface area contributed by atoms with Gasteiger partial charge in [-0.2, -0.15) is 0 Å². The van der Waals surface area contributed by atoms with Crippen molar-refractivity contribution < 1.29 is 4.79 Å². The molecule has 1 N–H and O–H groups in total. The van der Waals surface area contributed by atoms with Crippen LogP contribution in [0.25, 0.3) is 0 Å². The van der Waals surface area contributed by atoms with Crippen molar-refractivity contribution in [3.05, 3.63) is 0 Å². The highest BCUT2D eigenvalue weighted by Crippen LogP contribution is 2.59. The molecule has 5 fully saturated rings. The van der Waals surface area contributed by atoms with Gasteiger partial charge < -0.3 is 5.32 Å². The first-order chi connectivity index (χ1) is 8.25. The molecular weight excluding hydrogens is 210 g/mol. The first-order valence-electron chi connectivity index (χ1n) is 7.56. The van der Waals surface area contributed by atoms with Crippen molar-refractivity contribution in [3.8, 4) is 0 Å². The maximum absolute atomic E-state index is 12.1. The topological polar surface area (TPSA) is 29.1 Å². The molecule has 2 heteroatoms. The number of nitrogens with one attached hydrogen (secondary N) is 1. The normalized spacial score (nSPS) is 49.4.